The van der Waals surface area contributed by atoms with E-state index in [0.29, 0.717) is 28.7 Å². The molecule has 1 aliphatic heterocycles. The fourth-order valence-electron chi connectivity index (χ4n) is 3.77. The van der Waals surface area contributed by atoms with Gasteiger partial charge in [-0.2, -0.15) is 5.10 Å². The van der Waals surface area contributed by atoms with Crippen molar-refractivity contribution in [3.8, 4) is 0 Å². The highest BCUT2D eigenvalue weighted by atomic mass is 32.2. The van der Waals surface area contributed by atoms with Crippen molar-refractivity contribution in [1.82, 2.24) is 9.88 Å². The van der Waals surface area contributed by atoms with Gasteiger partial charge in [-0.3, -0.25) is 4.79 Å². The number of hydrazone groups is 1. The Hall–Kier alpha value is -3.47. The van der Waals surface area contributed by atoms with Crippen LogP contribution >= 0.6 is 23.1 Å². The number of anilines is 1. The first-order chi connectivity index (χ1) is 17.3. The van der Waals surface area contributed by atoms with Gasteiger partial charge >= 0.3 is 0 Å². The van der Waals surface area contributed by atoms with Crippen LogP contribution in [0, 0.1) is 11.6 Å². The van der Waals surface area contributed by atoms with Gasteiger partial charge in [0.1, 0.15) is 21.5 Å². The Bertz CT molecular complexity index is 1330. The third kappa shape index (κ3) is 5.35. The SMILES string of the molecule is CN(C)C(=O)Cc1csc(N2N=C(c3cc(F)ccc3F)SC2(CCCN=[N+]=[N-])c2ccccc2)n1. The third-order valence-corrected chi connectivity index (χ3v) is 7.88. The van der Waals surface area contributed by atoms with E-state index in [1.165, 1.54) is 28.0 Å². The van der Waals surface area contributed by atoms with E-state index in [9.17, 15) is 13.6 Å². The first-order valence-electron chi connectivity index (χ1n) is 11.1. The second-order valence-corrected chi connectivity index (χ2v) is 10.3. The molecule has 0 saturated heterocycles. The molecule has 0 bridgehead atoms. The number of aromatic nitrogens is 1. The van der Waals surface area contributed by atoms with Gasteiger partial charge in [-0.15, -0.1) is 11.3 Å². The molecule has 0 aliphatic carbocycles. The van der Waals surface area contributed by atoms with Crippen molar-refractivity contribution in [3.63, 3.8) is 0 Å². The second kappa shape index (κ2) is 11.1. The van der Waals surface area contributed by atoms with Gasteiger partial charge in [-0.1, -0.05) is 47.2 Å². The minimum atomic E-state index is -0.860. The van der Waals surface area contributed by atoms with Gasteiger partial charge in [-0.05, 0) is 42.1 Å². The fourth-order valence-corrected chi connectivity index (χ4v) is 6.09. The second-order valence-electron chi connectivity index (χ2n) is 8.24. The van der Waals surface area contributed by atoms with E-state index >= 15 is 0 Å². The molecule has 0 saturated carbocycles. The maximum atomic E-state index is 14.8. The van der Waals surface area contributed by atoms with Crippen LogP contribution in [0.3, 0.4) is 0 Å². The molecular weight excluding hydrogens is 504 g/mol. The number of carbonyl (C=O) groups is 1. The molecule has 0 spiro atoms. The number of carbonyl (C=O) groups excluding carboxylic acids is 1. The summed E-state index contributed by atoms with van der Waals surface area (Å²) in [7, 11) is 3.36. The van der Waals surface area contributed by atoms with Crippen LogP contribution in [0.5, 0.6) is 0 Å². The third-order valence-electron chi connectivity index (χ3n) is 5.57. The number of nitrogens with zero attached hydrogens (tertiary/aromatic N) is 7. The Morgan fingerprint density at radius 1 is 1.22 bits per heavy atom. The summed E-state index contributed by atoms with van der Waals surface area (Å²) in [5, 5.41) is 12.7. The summed E-state index contributed by atoms with van der Waals surface area (Å²) in [6, 6.07) is 12.8. The Labute approximate surface area is 215 Å². The molecule has 2 heterocycles. The fraction of sp³-hybridized carbons (Fsp3) is 0.292. The van der Waals surface area contributed by atoms with Gasteiger partial charge in [0.05, 0.1) is 12.1 Å². The van der Waals surface area contributed by atoms with E-state index in [-0.39, 0.29) is 24.4 Å². The molecular formula is C24H23F2N7OS2. The number of azide groups is 1. The van der Waals surface area contributed by atoms with E-state index in [1.807, 2.05) is 30.3 Å². The number of thiazole rings is 1. The molecule has 186 valence electrons. The number of rotatable bonds is 9. The van der Waals surface area contributed by atoms with Gasteiger partial charge < -0.3 is 4.90 Å². The van der Waals surface area contributed by atoms with Crippen molar-refractivity contribution in [2.24, 2.45) is 10.2 Å². The molecule has 12 heteroatoms. The van der Waals surface area contributed by atoms with Crippen LogP contribution in [-0.4, -0.2) is 41.5 Å². The Kier molecular flexibility index (Phi) is 7.88. The maximum Gasteiger partial charge on any atom is 0.228 e. The molecule has 1 atom stereocenters. The monoisotopic (exact) mass is 527 g/mol. The summed E-state index contributed by atoms with van der Waals surface area (Å²) < 4.78 is 28.9. The average Bonchev–Trinajstić information content (AvgIpc) is 3.49. The molecule has 36 heavy (non-hydrogen) atoms. The standard InChI is InChI=1S/C24H23F2N7OS2/c1-32(2)21(34)14-18-15-35-23(29-18)33-24(11-6-12-28-31-27,16-7-4-3-5-8-16)36-22(30-33)19-13-17(25)9-10-20(19)26/h3-5,7-10,13,15H,6,11-12,14H2,1-2H3. The Morgan fingerprint density at radius 2 is 2.00 bits per heavy atom. The van der Waals surface area contributed by atoms with E-state index in [0.717, 1.165) is 23.8 Å². The summed E-state index contributed by atoms with van der Waals surface area (Å²) in [5.74, 6) is -1.24. The molecule has 0 fully saturated rings. The summed E-state index contributed by atoms with van der Waals surface area (Å²) in [6.45, 7) is 0.267. The summed E-state index contributed by atoms with van der Waals surface area (Å²) in [5.41, 5.74) is 10.3. The van der Waals surface area contributed by atoms with Gasteiger partial charge in [0.15, 0.2) is 0 Å². The lowest BCUT2D eigenvalue weighted by atomic mass is 10.0. The highest BCUT2D eigenvalue weighted by Crippen LogP contribution is 2.52. The van der Waals surface area contributed by atoms with Crippen molar-refractivity contribution < 1.29 is 13.6 Å². The number of hydrogen-bond acceptors (Lipinski definition) is 7. The van der Waals surface area contributed by atoms with Gasteiger partial charge in [-0.25, -0.2) is 18.8 Å². The lowest BCUT2D eigenvalue weighted by molar-refractivity contribution is -0.128. The zero-order valence-corrected chi connectivity index (χ0v) is 21.3. The minimum absolute atomic E-state index is 0.0532. The summed E-state index contributed by atoms with van der Waals surface area (Å²) in [6.07, 6.45) is 1.14. The highest BCUT2D eigenvalue weighted by molar-refractivity contribution is 8.15. The van der Waals surface area contributed by atoms with Crippen molar-refractivity contribution in [1.29, 1.82) is 0 Å². The lowest BCUT2D eigenvalue weighted by Crippen LogP contribution is -2.37. The number of benzene rings is 2. The van der Waals surface area contributed by atoms with Crippen LogP contribution in [0.4, 0.5) is 13.9 Å². The van der Waals surface area contributed by atoms with Crippen molar-refractivity contribution in [2.75, 3.05) is 25.6 Å². The first kappa shape index (κ1) is 25.6. The molecule has 1 amide bonds. The van der Waals surface area contributed by atoms with Crippen LogP contribution in [0.2, 0.25) is 0 Å². The van der Waals surface area contributed by atoms with E-state index in [1.54, 1.807) is 24.5 Å². The lowest BCUT2D eigenvalue weighted by Gasteiger charge is -2.35. The normalized spacial score (nSPS) is 17.0. The van der Waals surface area contributed by atoms with Crippen LogP contribution < -0.4 is 5.01 Å². The number of amides is 1. The molecule has 1 aromatic heterocycles. The van der Waals surface area contributed by atoms with Crippen LogP contribution in [0.25, 0.3) is 10.4 Å². The summed E-state index contributed by atoms with van der Waals surface area (Å²) in [4.78, 5) is 20.4. The molecule has 4 rings (SSSR count). The minimum Gasteiger partial charge on any atom is -0.348 e. The van der Waals surface area contributed by atoms with E-state index in [4.69, 9.17) is 10.6 Å². The molecule has 0 N–H and O–H groups in total. The largest absolute Gasteiger partial charge is 0.348 e. The number of likely N-dealkylation sites (N-methyl/N-ethyl adjacent to an activating group) is 1. The Morgan fingerprint density at radius 3 is 2.72 bits per heavy atom. The highest BCUT2D eigenvalue weighted by Gasteiger charge is 2.47. The molecule has 8 nitrogen and oxygen atoms in total. The van der Waals surface area contributed by atoms with Crippen molar-refractivity contribution in [2.45, 2.75) is 24.1 Å². The molecule has 0 radical (unpaired) electrons. The van der Waals surface area contributed by atoms with E-state index < -0.39 is 16.5 Å². The molecule has 1 aliphatic rings. The summed E-state index contributed by atoms with van der Waals surface area (Å²) >= 11 is 2.62. The van der Waals surface area contributed by atoms with Gasteiger partial charge in [0.2, 0.25) is 11.0 Å². The zero-order chi connectivity index (χ0) is 25.7. The predicted molar refractivity (Wildman–Crippen MR) is 139 cm³/mol. The van der Waals surface area contributed by atoms with Gasteiger partial charge in [0, 0.05) is 36.5 Å². The topological polar surface area (TPSA) is 97.6 Å². The quantitative estimate of drug-likeness (QED) is 0.150. The number of thioether (sulfide) groups is 1. The average molecular weight is 528 g/mol. The van der Waals surface area contributed by atoms with Crippen LogP contribution in [0.1, 0.15) is 29.7 Å². The van der Waals surface area contributed by atoms with E-state index in [2.05, 4.69) is 15.0 Å². The van der Waals surface area contributed by atoms with Crippen LogP contribution in [0.15, 0.2) is 64.1 Å². The van der Waals surface area contributed by atoms with Crippen LogP contribution in [-0.2, 0) is 16.1 Å². The molecule has 1 unspecified atom stereocenters. The molecule has 3 aromatic rings. The maximum absolute atomic E-state index is 14.8. The smallest absolute Gasteiger partial charge is 0.228 e. The number of hydrogen-bond donors (Lipinski definition) is 0. The Balaban J connectivity index is 1.81. The number of halogens is 2. The first-order valence-corrected chi connectivity index (χ1v) is 12.8. The zero-order valence-electron chi connectivity index (χ0n) is 19.6. The van der Waals surface area contributed by atoms with Crippen molar-refractivity contribution >= 4 is 39.2 Å². The van der Waals surface area contributed by atoms with Crippen molar-refractivity contribution in [3.05, 3.63) is 92.8 Å². The predicted octanol–water partition coefficient (Wildman–Crippen LogP) is 5.91. The molecule has 2 aromatic carbocycles. The van der Waals surface area contributed by atoms with Gasteiger partial charge in [0.25, 0.3) is 0 Å².